The number of hydrogen-bond acceptors (Lipinski definition) is 4. The normalized spacial score (nSPS) is 10.2. The Balaban J connectivity index is 1.56. The molecule has 0 saturated heterocycles. The minimum absolute atomic E-state index is 0.0320. The van der Waals surface area contributed by atoms with Crippen molar-refractivity contribution in [2.75, 3.05) is 35.7 Å². The smallest absolute Gasteiger partial charge is 0.258 e. The Morgan fingerprint density at radius 2 is 1.53 bits per heavy atom. The highest BCUT2D eigenvalue weighted by Gasteiger charge is 2.14. The van der Waals surface area contributed by atoms with E-state index in [0.717, 1.165) is 5.69 Å². The van der Waals surface area contributed by atoms with Gasteiger partial charge in [0.1, 0.15) is 0 Å². The lowest BCUT2D eigenvalue weighted by Gasteiger charge is -2.18. The molecule has 0 bridgehead atoms. The number of para-hydroxylation sites is 1. The minimum atomic E-state index is -0.242. The van der Waals surface area contributed by atoms with E-state index in [9.17, 15) is 14.4 Å². The van der Waals surface area contributed by atoms with Crippen molar-refractivity contribution in [3.8, 4) is 0 Å². The molecule has 0 spiro atoms. The maximum atomic E-state index is 12.8. The number of nitrogens with zero attached hydrogens (tertiary/aromatic N) is 1. The van der Waals surface area contributed by atoms with Crippen molar-refractivity contribution >= 4 is 34.8 Å². The molecular weight excluding hydrogens is 404 g/mol. The lowest BCUT2D eigenvalue weighted by Crippen LogP contribution is -2.26. The standard InChI is InChI=1S/C25H26N4O3/c1-3-26-24(31)18-12-14-20(15-13-18)28-23(30)17-27-21-9-7-8-19(16-21)25(32)29(2)22-10-5-4-6-11-22/h4-16,27H,3,17H2,1-2H3,(H,26,31)(H,28,30). The Hall–Kier alpha value is -4.13. The summed E-state index contributed by atoms with van der Waals surface area (Å²) < 4.78 is 0. The summed E-state index contributed by atoms with van der Waals surface area (Å²) >= 11 is 0. The molecule has 0 aliphatic heterocycles. The number of hydrogen-bond donors (Lipinski definition) is 3. The van der Waals surface area contributed by atoms with Gasteiger partial charge in [-0.15, -0.1) is 0 Å². The Morgan fingerprint density at radius 3 is 2.22 bits per heavy atom. The van der Waals surface area contributed by atoms with Crippen LogP contribution in [0.1, 0.15) is 27.6 Å². The Kier molecular flexibility index (Phi) is 7.59. The molecule has 0 aliphatic rings. The van der Waals surface area contributed by atoms with E-state index in [2.05, 4.69) is 16.0 Å². The van der Waals surface area contributed by atoms with E-state index in [1.807, 2.05) is 37.3 Å². The van der Waals surface area contributed by atoms with Crippen molar-refractivity contribution in [2.45, 2.75) is 6.92 Å². The lowest BCUT2D eigenvalue weighted by atomic mass is 10.1. The van der Waals surface area contributed by atoms with E-state index in [4.69, 9.17) is 0 Å². The van der Waals surface area contributed by atoms with Gasteiger partial charge in [-0.1, -0.05) is 24.3 Å². The van der Waals surface area contributed by atoms with Crippen LogP contribution >= 0.6 is 0 Å². The molecule has 0 saturated carbocycles. The summed E-state index contributed by atoms with van der Waals surface area (Å²) in [5, 5.41) is 8.54. The van der Waals surface area contributed by atoms with Crippen LogP contribution in [0.2, 0.25) is 0 Å². The minimum Gasteiger partial charge on any atom is -0.376 e. The van der Waals surface area contributed by atoms with Gasteiger partial charge in [0.25, 0.3) is 11.8 Å². The fourth-order valence-corrected chi connectivity index (χ4v) is 3.08. The number of rotatable bonds is 8. The summed E-state index contributed by atoms with van der Waals surface area (Å²) in [6.45, 7) is 2.44. The summed E-state index contributed by atoms with van der Waals surface area (Å²) in [5.41, 5.74) is 3.11. The second kappa shape index (κ2) is 10.8. The zero-order valence-electron chi connectivity index (χ0n) is 18.1. The second-order valence-corrected chi connectivity index (χ2v) is 7.12. The van der Waals surface area contributed by atoms with Gasteiger partial charge in [-0.25, -0.2) is 0 Å². The molecule has 7 heteroatoms. The van der Waals surface area contributed by atoms with Gasteiger partial charge in [0.05, 0.1) is 6.54 Å². The third kappa shape index (κ3) is 5.95. The van der Waals surface area contributed by atoms with Gasteiger partial charge in [0.2, 0.25) is 5.91 Å². The molecule has 0 radical (unpaired) electrons. The van der Waals surface area contributed by atoms with Crippen LogP contribution in [-0.2, 0) is 4.79 Å². The van der Waals surface area contributed by atoms with Crippen molar-refractivity contribution in [1.29, 1.82) is 0 Å². The molecular formula is C25H26N4O3. The molecule has 3 amide bonds. The SMILES string of the molecule is CCNC(=O)c1ccc(NC(=O)CNc2cccc(C(=O)N(C)c3ccccc3)c2)cc1. The quantitative estimate of drug-likeness (QED) is 0.508. The van der Waals surface area contributed by atoms with Crippen LogP contribution in [0.5, 0.6) is 0 Å². The highest BCUT2D eigenvalue weighted by Crippen LogP contribution is 2.17. The highest BCUT2D eigenvalue weighted by molar-refractivity contribution is 6.06. The Morgan fingerprint density at radius 1 is 0.812 bits per heavy atom. The summed E-state index contributed by atoms with van der Waals surface area (Å²) in [6, 6.07) is 23.1. The monoisotopic (exact) mass is 430 g/mol. The topological polar surface area (TPSA) is 90.5 Å². The molecule has 0 atom stereocenters. The van der Waals surface area contributed by atoms with Crippen LogP contribution in [0.3, 0.4) is 0 Å². The summed E-state index contributed by atoms with van der Waals surface area (Å²) in [6.07, 6.45) is 0. The first-order valence-electron chi connectivity index (χ1n) is 10.3. The van der Waals surface area contributed by atoms with Crippen molar-refractivity contribution < 1.29 is 14.4 Å². The van der Waals surface area contributed by atoms with Crippen molar-refractivity contribution in [3.05, 3.63) is 90.0 Å². The molecule has 32 heavy (non-hydrogen) atoms. The number of carbonyl (C=O) groups excluding carboxylic acids is 3. The summed E-state index contributed by atoms with van der Waals surface area (Å²) in [5.74, 6) is -0.537. The molecule has 7 nitrogen and oxygen atoms in total. The fraction of sp³-hybridized carbons (Fsp3) is 0.160. The van der Waals surface area contributed by atoms with Crippen LogP contribution in [0.15, 0.2) is 78.9 Å². The van der Waals surface area contributed by atoms with Crippen LogP contribution in [0.25, 0.3) is 0 Å². The van der Waals surface area contributed by atoms with E-state index < -0.39 is 0 Å². The average Bonchev–Trinajstić information content (AvgIpc) is 2.83. The molecule has 0 heterocycles. The average molecular weight is 431 g/mol. The van der Waals surface area contributed by atoms with Crippen LogP contribution in [0.4, 0.5) is 17.1 Å². The molecule has 3 aromatic carbocycles. The van der Waals surface area contributed by atoms with Crippen molar-refractivity contribution in [1.82, 2.24) is 5.32 Å². The predicted octanol–water partition coefficient (Wildman–Crippen LogP) is 3.76. The lowest BCUT2D eigenvalue weighted by molar-refractivity contribution is -0.114. The first-order valence-corrected chi connectivity index (χ1v) is 10.3. The fourth-order valence-electron chi connectivity index (χ4n) is 3.08. The summed E-state index contributed by atoms with van der Waals surface area (Å²) in [7, 11) is 1.72. The largest absolute Gasteiger partial charge is 0.376 e. The third-order valence-corrected chi connectivity index (χ3v) is 4.78. The first-order chi connectivity index (χ1) is 15.5. The van der Waals surface area contributed by atoms with Crippen molar-refractivity contribution in [3.63, 3.8) is 0 Å². The van der Waals surface area contributed by atoms with Gasteiger partial charge in [-0.05, 0) is 61.5 Å². The van der Waals surface area contributed by atoms with E-state index in [1.54, 1.807) is 60.5 Å². The Labute approximate surface area is 187 Å². The van der Waals surface area contributed by atoms with Gasteiger partial charge >= 0.3 is 0 Å². The van der Waals surface area contributed by atoms with Crippen LogP contribution in [0, 0.1) is 0 Å². The third-order valence-electron chi connectivity index (χ3n) is 4.78. The molecule has 3 N–H and O–H groups in total. The van der Waals surface area contributed by atoms with Crippen molar-refractivity contribution in [2.24, 2.45) is 0 Å². The molecule has 0 fully saturated rings. The van der Waals surface area contributed by atoms with Crippen LogP contribution in [-0.4, -0.2) is 37.9 Å². The van der Waals surface area contributed by atoms with Gasteiger partial charge in [0.15, 0.2) is 0 Å². The molecule has 0 unspecified atom stereocenters. The van der Waals surface area contributed by atoms with Gasteiger partial charge in [-0.3, -0.25) is 14.4 Å². The van der Waals surface area contributed by atoms with Crippen LogP contribution < -0.4 is 20.9 Å². The van der Waals surface area contributed by atoms with E-state index >= 15 is 0 Å². The molecule has 164 valence electrons. The van der Waals surface area contributed by atoms with Gasteiger partial charge in [-0.2, -0.15) is 0 Å². The summed E-state index contributed by atoms with van der Waals surface area (Å²) in [4.78, 5) is 38.5. The first kappa shape index (κ1) is 22.6. The molecule has 0 aliphatic carbocycles. The van der Waals surface area contributed by atoms with Gasteiger partial charge in [0, 0.05) is 41.8 Å². The number of nitrogens with one attached hydrogen (secondary N) is 3. The molecule has 0 aromatic heterocycles. The van der Waals surface area contributed by atoms with E-state index in [0.29, 0.717) is 29.0 Å². The number of benzene rings is 3. The maximum Gasteiger partial charge on any atom is 0.258 e. The number of carbonyl (C=O) groups is 3. The number of anilines is 3. The number of amides is 3. The Bertz CT molecular complexity index is 1080. The zero-order valence-corrected chi connectivity index (χ0v) is 18.1. The maximum absolute atomic E-state index is 12.8. The predicted molar refractivity (Wildman–Crippen MR) is 127 cm³/mol. The molecule has 3 aromatic rings. The second-order valence-electron chi connectivity index (χ2n) is 7.12. The van der Waals surface area contributed by atoms with Gasteiger partial charge < -0.3 is 20.9 Å². The van der Waals surface area contributed by atoms with E-state index in [1.165, 1.54) is 0 Å². The zero-order chi connectivity index (χ0) is 22.9. The highest BCUT2D eigenvalue weighted by atomic mass is 16.2. The van der Waals surface area contributed by atoms with E-state index in [-0.39, 0.29) is 24.3 Å². The molecule has 3 rings (SSSR count).